The molecular weight excluding hydrogens is 246 g/mol. The highest BCUT2D eigenvalue weighted by atomic mass is 16.5. The van der Waals surface area contributed by atoms with Crippen LogP contribution in [0.4, 0.5) is 5.69 Å². The lowest BCUT2D eigenvalue weighted by Crippen LogP contribution is -2.20. The molecule has 0 aliphatic rings. The van der Waals surface area contributed by atoms with Crippen molar-refractivity contribution in [3.8, 4) is 5.82 Å². The fourth-order valence-electron chi connectivity index (χ4n) is 1.45. The number of hydrogen-bond acceptors (Lipinski definition) is 5. The summed E-state index contributed by atoms with van der Waals surface area (Å²) in [5.41, 5.74) is 5.86. The minimum absolute atomic E-state index is 0.0158. The highest BCUT2D eigenvalue weighted by Gasteiger charge is 2.03. The predicted octanol–water partition coefficient (Wildman–Crippen LogP) is 0.181. The molecule has 0 atom stereocenters. The monoisotopic (exact) mass is 261 g/mol. The van der Waals surface area contributed by atoms with Crippen LogP contribution in [0.5, 0.6) is 0 Å². The van der Waals surface area contributed by atoms with Crippen molar-refractivity contribution in [2.45, 2.75) is 0 Å². The van der Waals surface area contributed by atoms with Gasteiger partial charge >= 0.3 is 0 Å². The standard InChI is InChI=1S/C12H15N5O2/c13-4-7-19-9-12(18)16-10-2-3-11(14-8-10)17-6-1-5-15-17/h1-3,5-6,8H,4,7,9,13H2,(H,16,18). The Bertz CT molecular complexity index is 509. The van der Waals surface area contributed by atoms with Gasteiger partial charge in [0, 0.05) is 18.9 Å². The second kappa shape index (κ2) is 6.62. The van der Waals surface area contributed by atoms with Crippen LogP contribution < -0.4 is 11.1 Å². The van der Waals surface area contributed by atoms with Crippen LogP contribution in [0.3, 0.4) is 0 Å². The summed E-state index contributed by atoms with van der Waals surface area (Å²) in [5, 5.41) is 6.74. The molecule has 3 N–H and O–H groups in total. The van der Waals surface area contributed by atoms with E-state index in [1.165, 1.54) is 0 Å². The van der Waals surface area contributed by atoms with E-state index in [4.69, 9.17) is 10.5 Å². The minimum Gasteiger partial charge on any atom is -0.370 e. The molecule has 2 aromatic heterocycles. The highest BCUT2D eigenvalue weighted by Crippen LogP contribution is 2.08. The molecule has 19 heavy (non-hydrogen) atoms. The molecule has 0 fully saturated rings. The number of rotatable bonds is 6. The van der Waals surface area contributed by atoms with Crippen LogP contribution in [-0.4, -0.2) is 40.4 Å². The lowest BCUT2D eigenvalue weighted by atomic mass is 10.4. The van der Waals surface area contributed by atoms with Gasteiger partial charge in [0.15, 0.2) is 5.82 Å². The van der Waals surface area contributed by atoms with Gasteiger partial charge in [-0.2, -0.15) is 5.10 Å². The molecule has 0 spiro atoms. The zero-order valence-corrected chi connectivity index (χ0v) is 10.3. The summed E-state index contributed by atoms with van der Waals surface area (Å²) >= 11 is 0. The molecule has 7 nitrogen and oxygen atoms in total. The first-order chi connectivity index (χ1) is 9.29. The summed E-state index contributed by atoms with van der Waals surface area (Å²) in [4.78, 5) is 15.7. The van der Waals surface area contributed by atoms with E-state index < -0.39 is 0 Å². The van der Waals surface area contributed by atoms with Gasteiger partial charge in [0.2, 0.25) is 5.91 Å². The van der Waals surface area contributed by atoms with Crippen LogP contribution in [0.1, 0.15) is 0 Å². The number of nitrogens with one attached hydrogen (secondary N) is 1. The molecule has 0 bridgehead atoms. The van der Waals surface area contributed by atoms with E-state index in [2.05, 4.69) is 15.4 Å². The zero-order chi connectivity index (χ0) is 13.5. The molecule has 0 aromatic carbocycles. The van der Waals surface area contributed by atoms with E-state index in [9.17, 15) is 4.79 Å². The summed E-state index contributed by atoms with van der Waals surface area (Å²) in [5.74, 6) is 0.449. The van der Waals surface area contributed by atoms with Crippen LogP contribution >= 0.6 is 0 Å². The Morgan fingerprint density at radius 1 is 1.47 bits per heavy atom. The molecule has 2 heterocycles. The smallest absolute Gasteiger partial charge is 0.250 e. The maximum absolute atomic E-state index is 11.5. The fourth-order valence-corrected chi connectivity index (χ4v) is 1.45. The quantitative estimate of drug-likeness (QED) is 0.723. The molecule has 0 unspecified atom stereocenters. The third-order valence-electron chi connectivity index (χ3n) is 2.27. The Hall–Kier alpha value is -2.25. The van der Waals surface area contributed by atoms with Gasteiger partial charge in [-0.25, -0.2) is 9.67 Å². The van der Waals surface area contributed by atoms with Crippen LogP contribution in [0, 0.1) is 0 Å². The molecule has 1 amide bonds. The van der Waals surface area contributed by atoms with Crippen LogP contribution in [0.2, 0.25) is 0 Å². The Kier molecular flexibility index (Phi) is 4.60. The number of amides is 1. The van der Waals surface area contributed by atoms with Crippen molar-refractivity contribution in [3.63, 3.8) is 0 Å². The van der Waals surface area contributed by atoms with Crippen molar-refractivity contribution in [2.75, 3.05) is 25.1 Å². The van der Waals surface area contributed by atoms with E-state index >= 15 is 0 Å². The number of nitrogens with zero attached hydrogens (tertiary/aromatic N) is 3. The van der Waals surface area contributed by atoms with Gasteiger partial charge in [0.25, 0.3) is 0 Å². The van der Waals surface area contributed by atoms with Crippen molar-refractivity contribution in [1.29, 1.82) is 0 Å². The van der Waals surface area contributed by atoms with Crippen molar-refractivity contribution in [2.24, 2.45) is 5.73 Å². The Labute approximate surface area is 110 Å². The van der Waals surface area contributed by atoms with Gasteiger partial charge in [0.05, 0.1) is 18.5 Å². The largest absolute Gasteiger partial charge is 0.370 e. The predicted molar refractivity (Wildman–Crippen MR) is 69.9 cm³/mol. The SMILES string of the molecule is NCCOCC(=O)Nc1ccc(-n2cccn2)nc1. The Morgan fingerprint density at radius 2 is 2.37 bits per heavy atom. The van der Waals surface area contributed by atoms with Gasteiger partial charge in [-0.05, 0) is 18.2 Å². The van der Waals surface area contributed by atoms with E-state index in [0.29, 0.717) is 24.7 Å². The van der Waals surface area contributed by atoms with E-state index in [-0.39, 0.29) is 12.5 Å². The molecule has 0 aliphatic carbocycles. The van der Waals surface area contributed by atoms with Crippen molar-refractivity contribution < 1.29 is 9.53 Å². The number of nitrogens with two attached hydrogens (primary N) is 1. The normalized spacial score (nSPS) is 10.4. The highest BCUT2D eigenvalue weighted by molar-refractivity contribution is 5.91. The Balaban J connectivity index is 1.90. The molecule has 0 radical (unpaired) electrons. The molecule has 0 saturated carbocycles. The maximum Gasteiger partial charge on any atom is 0.250 e. The van der Waals surface area contributed by atoms with Crippen molar-refractivity contribution in [3.05, 3.63) is 36.8 Å². The first kappa shape index (κ1) is 13.2. The molecule has 2 rings (SSSR count). The number of hydrogen-bond donors (Lipinski definition) is 2. The zero-order valence-electron chi connectivity index (χ0n) is 10.3. The van der Waals surface area contributed by atoms with Crippen molar-refractivity contribution in [1.82, 2.24) is 14.8 Å². The number of carbonyl (C=O) groups excluding carboxylic acids is 1. The summed E-state index contributed by atoms with van der Waals surface area (Å²) < 4.78 is 6.66. The Morgan fingerprint density at radius 3 is 3.00 bits per heavy atom. The first-order valence-electron chi connectivity index (χ1n) is 5.83. The molecule has 2 aromatic rings. The third-order valence-corrected chi connectivity index (χ3v) is 2.27. The first-order valence-corrected chi connectivity index (χ1v) is 5.83. The maximum atomic E-state index is 11.5. The van der Waals surface area contributed by atoms with Gasteiger partial charge in [-0.3, -0.25) is 4.79 Å². The topological polar surface area (TPSA) is 95.1 Å². The van der Waals surface area contributed by atoms with E-state index in [0.717, 1.165) is 0 Å². The van der Waals surface area contributed by atoms with Crippen LogP contribution in [0.15, 0.2) is 36.8 Å². The molecule has 100 valence electrons. The van der Waals surface area contributed by atoms with Crippen LogP contribution in [-0.2, 0) is 9.53 Å². The van der Waals surface area contributed by atoms with E-state index in [1.54, 1.807) is 35.4 Å². The summed E-state index contributed by atoms with van der Waals surface area (Å²) in [6, 6.07) is 5.33. The molecule has 0 saturated heterocycles. The number of carbonyl (C=O) groups is 1. The summed E-state index contributed by atoms with van der Waals surface area (Å²) in [7, 11) is 0. The number of aromatic nitrogens is 3. The lowest BCUT2D eigenvalue weighted by molar-refractivity contribution is -0.120. The average molecular weight is 261 g/mol. The number of pyridine rings is 1. The average Bonchev–Trinajstić information content (AvgIpc) is 2.94. The lowest BCUT2D eigenvalue weighted by Gasteiger charge is -2.06. The second-order valence-corrected chi connectivity index (χ2v) is 3.75. The molecule has 7 heteroatoms. The van der Waals surface area contributed by atoms with Gasteiger partial charge in [-0.1, -0.05) is 0 Å². The fraction of sp³-hybridized carbons (Fsp3) is 0.250. The molecular formula is C12H15N5O2. The minimum atomic E-state index is -0.234. The van der Waals surface area contributed by atoms with Gasteiger partial charge in [-0.15, -0.1) is 0 Å². The summed E-state index contributed by atoms with van der Waals surface area (Å²) in [6.07, 6.45) is 5.03. The number of anilines is 1. The van der Waals surface area contributed by atoms with Gasteiger partial charge < -0.3 is 15.8 Å². The third kappa shape index (κ3) is 3.87. The second-order valence-electron chi connectivity index (χ2n) is 3.75. The van der Waals surface area contributed by atoms with Crippen molar-refractivity contribution >= 4 is 11.6 Å². The number of ether oxygens (including phenoxy) is 1. The van der Waals surface area contributed by atoms with E-state index in [1.807, 2.05) is 6.07 Å². The van der Waals surface area contributed by atoms with Crippen LogP contribution in [0.25, 0.3) is 5.82 Å². The van der Waals surface area contributed by atoms with Gasteiger partial charge in [0.1, 0.15) is 6.61 Å². The molecule has 0 aliphatic heterocycles. The summed E-state index contributed by atoms with van der Waals surface area (Å²) in [6.45, 7) is 0.745.